The van der Waals surface area contributed by atoms with Gasteiger partial charge >= 0.3 is 0 Å². The molecular formula is C17H13FN2O2S. The Morgan fingerprint density at radius 1 is 1.26 bits per heavy atom. The van der Waals surface area contributed by atoms with Gasteiger partial charge in [0.15, 0.2) is 0 Å². The van der Waals surface area contributed by atoms with E-state index in [2.05, 4.69) is 10.3 Å². The van der Waals surface area contributed by atoms with Crippen LogP contribution >= 0.6 is 11.3 Å². The quantitative estimate of drug-likeness (QED) is 0.767. The van der Waals surface area contributed by atoms with E-state index < -0.39 is 0 Å². The highest BCUT2D eigenvalue weighted by Gasteiger charge is 2.15. The van der Waals surface area contributed by atoms with Crippen LogP contribution in [0.4, 0.5) is 10.1 Å². The first-order chi connectivity index (χ1) is 11.2. The monoisotopic (exact) mass is 328 g/mol. The first kappa shape index (κ1) is 15.2. The van der Waals surface area contributed by atoms with E-state index in [4.69, 9.17) is 4.74 Å². The highest BCUT2D eigenvalue weighted by molar-refractivity contribution is 7.12. The van der Waals surface area contributed by atoms with Crippen molar-refractivity contribution in [1.82, 2.24) is 4.98 Å². The van der Waals surface area contributed by atoms with Crippen LogP contribution in [0.5, 0.6) is 5.75 Å². The van der Waals surface area contributed by atoms with Crippen molar-refractivity contribution in [3.63, 3.8) is 0 Å². The van der Waals surface area contributed by atoms with Crippen LogP contribution in [0.1, 0.15) is 15.2 Å². The summed E-state index contributed by atoms with van der Waals surface area (Å²) in [5.74, 6) is -0.103. The van der Waals surface area contributed by atoms with Gasteiger partial charge in [0.25, 0.3) is 5.91 Å². The van der Waals surface area contributed by atoms with E-state index in [0.717, 1.165) is 0 Å². The summed E-state index contributed by atoms with van der Waals surface area (Å²) in [7, 11) is 0. The van der Waals surface area contributed by atoms with Crippen molar-refractivity contribution in [1.29, 1.82) is 0 Å². The molecule has 0 saturated heterocycles. The zero-order chi connectivity index (χ0) is 16.1. The first-order valence-electron chi connectivity index (χ1n) is 6.88. The molecule has 0 saturated carbocycles. The van der Waals surface area contributed by atoms with Crippen molar-refractivity contribution >= 4 is 22.9 Å². The van der Waals surface area contributed by atoms with Crippen molar-refractivity contribution in [2.75, 3.05) is 5.32 Å². The van der Waals surface area contributed by atoms with Crippen molar-refractivity contribution in [3.05, 3.63) is 76.5 Å². The number of thiophene rings is 1. The summed E-state index contributed by atoms with van der Waals surface area (Å²) in [4.78, 5) is 16.7. The molecule has 0 aliphatic heterocycles. The number of ether oxygens (including phenoxy) is 1. The van der Waals surface area contributed by atoms with E-state index in [1.165, 1.54) is 23.5 Å². The largest absolute Gasteiger partial charge is 0.487 e. The number of rotatable bonds is 5. The third-order valence-electron chi connectivity index (χ3n) is 3.04. The maximum Gasteiger partial charge on any atom is 0.269 e. The Morgan fingerprint density at radius 3 is 2.96 bits per heavy atom. The van der Waals surface area contributed by atoms with E-state index in [1.54, 1.807) is 48.1 Å². The molecule has 6 heteroatoms. The smallest absolute Gasteiger partial charge is 0.269 e. The van der Waals surface area contributed by atoms with Crippen LogP contribution in [-0.2, 0) is 6.61 Å². The van der Waals surface area contributed by atoms with E-state index in [9.17, 15) is 9.18 Å². The number of carbonyl (C=O) groups is 1. The molecule has 0 unspecified atom stereocenters. The second-order valence-electron chi connectivity index (χ2n) is 4.73. The maximum atomic E-state index is 13.2. The van der Waals surface area contributed by atoms with Gasteiger partial charge in [-0.05, 0) is 41.3 Å². The van der Waals surface area contributed by atoms with Crippen LogP contribution in [-0.4, -0.2) is 10.9 Å². The predicted octanol–water partition coefficient (Wildman–Crippen LogP) is 4.11. The number of hydrogen-bond acceptors (Lipinski definition) is 4. The molecule has 1 aromatic carbocycles. The fourth-order valence-corrected chi connectivity index (χ4v) is 2.72. The number of carbonyl (C=O) groups excluding carboxylic acids is 1. The summed E-state index contributed by atoms with van der Waals surface area (Å²) in [5.41, 5.74) is 1.32. The molecule has 2 heterocycles. The number of halogens is 1. The zero-order valence-electron chi connectivity index (χ0n) is 12.0. The maximum absolute atomic E-state index is 13.2. The van der Waals surface area contributed by atoms with Gasteiger partial charge in [-0.2, -0.15) is 0 Å². The predicted molar refractivity (Wildman–Crippen MR) is 87.2 cm³/mol. The van der Waals surface area contributed by atoms with Gasteiger partial charge in [0.1, 0.15) is 23.1 Å². The van der Waals surface area contributed by atoms with Gasteiger partial charge < -0.3 is 10.1 Å². The van der Waals surface area contributed by atoms with Crippen molar-refractivity contribution in [2.24, 2.45) is 0 Å². The molecule has 3 rings (SSSR count). The summed E-state index contributed by atoms with van der Waals surface area (Å²) in [6, 6.07) is 11.4. The molecule has 0 radical (unpaired) electrons. The Hall–Kier alpha value is -2.73. The Labute approximate surface area is 136 Å². The van der Waals surface area contributed by atoms with E-state index in [0.29, 0.717) is 21.9 Å². The van der Waals surface area contributed by atoms with Crippen LogP contribution in [0, 0.1) is 5.82 Å². The molecule has 23 heavy (non-hydrogen) atoms. The highest BCUT2D eigenvalue weighted by atomic mass is 32.1. The molecule has 3 aromatic rings. The Morgan fingerprint density at radius 2 is 2.17 bits per heavy atom. The summed E-state index contributed by atoms with van der Waals surface area (Å²) in [6.45, 7) is 0.196. The molecular weight excluding hydrogens is 315 g/mol. The Kier molecular flexibility index (Phi) is 4.63. The first-order valence-corrected chi connectivity index (χ1v) is 7.76. The van der Waals surface area contributed by atoms with Gasteiger partial charge in [-0.1, -0.05) is 12.1 Å². The fraction of sp³-hybridized carbons (Fsp3) is 0.0588. The molecule has 2 aromatic heterocycles. The lowest BCUT2D eigenvalue weighted by Crippen LogP contribution is -2.11. The second kappa shape index (κ2) is 7.02. The molecule has 0 bridgehead atoms. The minimum absolute atomic E-state index is 0.196. The molecule has 116 valence electrons. The Balaban J connectivity index is 1.68. The number of anilines is 1. The number of nitrogens with one attached hydrogen (secondary N) is 1. The highest BCUT2D eigenvalue weighted by Crippen LogP contribution is 2.26. The van der Waals surface area contributed by atoms with Gasteiger partial charge in [-0.3, -0.25) is 9.78 Å². The number of pyridine rings is 1. The number of aromatic nitrogens is 1. The van der Waals surface area contributed by atoms with Gasteiger partial charge in [0.2, 0.25) is 0 Å². The summed E-state index contributed by atoms with van der Waals surface area (Å²) in [5, 5.41) is 4.54. The zero-order valence-corrected chi connectivity index (χ0v) is 12.8. The molecule has 0 aliphatic carbocycles. The van der Waals surface area contributed by atoms with Crippen LogP contribution in [0.3, 0.4) is 0 Å². The van der Waals surface area contributed by atoms with Gasteiger partial charge in [-0.25, -0.2) is 4.39 Å². The van der Waals surface area contributed by atoms with Crippen LogP contribution in [0.2, 0.25) is 0 Å². The molecule has 0 spiro atoms. The van der Waals surface area contributed by atoms with Gasteiger partial charge in [0, 0.05) is 6.20 Å². The molecule has 4 nitrogen and oxygen atoms in total. The number of nitrogens with zero attached hydrogens (tertiary/aromatic N) is 1. The number of benzene rings is 1. The van der Waals surface area contributed by atoms with Crippen LogP contribution in [0.15, 0.2) is 60.2 Å². The van der Waals surface area contributed by atoms with E-state index in [-0.39, 0.29) is 18.3 Å². The molecule has 0 fully saturated rings. The molecule has 0 aliphatic rings. The van der Waals surface area contributed by atoms with Gasteiger partial charge in [-0.15, -0.1) is 11.3 Å². The summed E-state index contributed by atoms with van der Waals surface area (Å²) >= 11 is 1.28. The lowest BCUT2D eigenvalue weighted by Gasteiger charge is -2.08. The molecule has 0 atom stereocenters. The minimum Gasteiger partial charge on any atom is -0.487 e. The lowest BCUT2D eigenvalue weighted by atomic mass is 10.2. The third-order valence-corrected chi connectivity index (χ3v) is 3.93. The minimum atomic E-state index is -0.314. The average molecular weight is 328 g/mol. The topological polar surface area (TPSA) is 51.2 Å². The van der Waals surface area contributed by atoms with E-state index in [1.807, 2.05) is 0 Å². The van der Waals surface area contributed by atoms with Crippen LogP contribution < -0.4 is 10.1 Å². The third kappa shape index (κ3) is 3.92. The van der Waals surface area contributed by atoms with Crippen LogP contribution in [0.25, 0.3) is 0 Å². The van der Waals surface area contributed by atoms with Crippen molar-refractivity contribution < 1.29 is 13.9 Å². The average Bonchev–Trinajstić information content (AvgIpc) is 3.03. The van der Waals surface area contributed by atoms with E-state index >= 15 is 0 Å². The van der Waals surface area contributed by atoms with Crippen molar-refractivity contribution in [2.45, 2.75) is 6.61 Å². The summed E-state index contributed by atoms with van der Waals surface area (Å²) < 4.78 is 18.8. The SMILES string of the molecule is O=C(Nc1cccnc1)c1sccc1OCc1cccc(F)c1. The number of amides is 1. The molecule has 1 N–H and O–H groups in total. The Bertz CT molecular complexity index is 805. The molecule has 1 amide bonds. The summed E-state index contributed by atoms with van der Waals surface area (Å²) in [6.07, 6.45) is 3.20. The fourth-order valence-electron chi connectivity index (χ4n) is 1.99. The second-order valence-corrected chi connectivity index (χ2v) is 5.64. The standard InChI is InChI=1S/C17H13FN2O2S/c18-13-4-1-3-12(9-13)11-22-15-6-8-23-16(15)17(21)20-14-5-2-7-19-10-14/h1-10H,11H2,(H,20,21). The number of hydrogen-bond donors (Lipinski definition) is 1. The van der Waals surface area contributed by atoms with Gasteiger partial charge in [0.05, 0.1) is 11.9 Å². The lowest BCUT2D eigenvalue weighted by molar-refractivity contribution is 0.102. The normalized spacial score (nSPS) is 10.3. The van der Waals surface area contributed by atoms with Crippen molar-refractivity contribution in [3.8, 4) is 5.75 Å².